The van der Waals surface area contributed by atoms with Crippen molar-refractivity contribution < 1.29 is 0 Å². The van der Waals surface area contributed by atoms with Crippen molar-refractivity contribution in [1.82, 2.24) is 4.90 Å². The van der Waals surface area contributed by atoms with Gasteiger partial charge in [-0.3, -0.25) is 4.90 Å². The molecule has 2 N–H and O–H groups in total. The molecule has 0 radical (unpaired) electrons. The van der Waals surface area contributed by atoms with Gasteiger partial charge in [0.1, 0.15) is 0 Å². The van der Waals surface area contributed by atoms with Crippen LogP contribution in [0.5, 0.6) is 0 Å². The predicted molar refractivity (Wildman–Crippen MR) is 78.0 cm³/mol. The largest absolute Gasteiger partial charge is 0.327 e. The Bertz CT molecular complexity index is 372. The maximum Gasteiger partial charge on any atom is 0.0174 e. The minimum absolute atomic E-state index is 0.355. The van der Waals surface area contributed by atoms with Gasteiger partial charge in [-0.2, -0.15) is 0 Å². The molecule has 0 bridgehead atoms. The number of nitrogens with two attached hydrogens (primary N) is 1. The van der Waals surface area contributed by atoms with Gasteiger partial charge in [0, 0.05) is 36.0 Å². The highest BCUT2D eigenvalue weighted by molar-refractivity contribution is 7.10. The van der Waals surface area contributed by atoms with Gasteiger partial charge in [0.2, 0.25) is 0 Å². The van der Waals surface area contributed by atoms with E-state index in [1.165, 1.54) is 30.7 Å². The van der Waals surface area contributed by atoms with Crippen molar-refractivity contribution >= 4 is 11.3 Å². The van der Waals surface area contributed by atoms with Crippen LogP contribution in [0.25, 0.3) is 0 Å². The van der Waals surface area contributed by atoms with Crippen molar-refractivity contribution in [1.29, 1.82) is 0 Å². The van der Waals surface area contributed by atoms with Gasteiger partial charge in [-0.25, -0.2) is 0 Å². The molecule has 3 rings (SSSR count). The lowest BCUT2D eigenvalue weighted by Gasteiger charge is -2.44. The molecule has 100 valence electrons. The second kappa shape index (κ2) is 5.32. The Kier molecular flexibility index (Phi) is 3.73. The quantitative estimate of drug-likeness (QED) is 0.909. The Morgan fingerprint density at radius 1 is 1.39 bits per heavy atom. The molecule has 1 aliphatic carbocycles. The fraction of sp³-hybridized carbons (Fsp3) is 0.733. The van der Waals surface area contributed by atoms with E-state index >= 15 is 0 Å². The average molecular weight is 264 g/mol. The van der Waals surface area contributed by atoms with Gasteiger partial charge >= 0.3 is 0 Å². The van der Waals surface area contributed by atoms with Crippen molar-refractivity contribution in [3.63, 3.8) is 0 Å². The summed E-state index contributed by atoms with van der Waals surface area (Å²) in [6.45, 7) is 4.72. The Labute approximate surface area is 114 Å². The molecular formula is C15H24N2S. The summed E-state index contributed by atoms with van der Waals surface area (Å²) in [6, 6.07) is 5.53. The second-order valence-corrected chi connectivity index (χ2v) is 7.07. The maximum atomic E-state index is 6.28. The number of rotatable bonds is 3. The number of hydrogen-bond donors (Lipinski definition) is 1. The molecule has 1 saturated carbocycles. The van der Waals surface area contributed by atoms with Gasteiger partial charge in [-0.15, -0.1) is 11.3 Å². The standard InChI is InChI=1S/C15H24N2S/c1-11(12-4-2-5-12)17-9-13(8-14(16)10-17)15-6-3-7-18-15/h3,6-7,11-14H,2,4-5,8-10,16H2,1H3. The van der Waals surface area contributed by atoms with Crippen LogP contribution in [0.2, 0.25) is 0 Å². The first-order valence-corrected chi connectivity index (χ1v) is 8.15. The molecule has 1 saturated heterocycles. The average Bonchev–Trinajstić information content (AvgIpc) is 2.79. The zero-order valence-electron chi connectivity index (χ0n) is 11.2. The molecule has 0 aromatic carbocycles. The van der Waals surface area contributed by atoms with Crippen molar-refractivity contribution in [3.05, 3.63) is 22.4 Å². The third kappa shape index (κ3) is 2.49. The van der Waals surface area contributed by atoms with Gasteiger partial charge in [-0.1, -0.05) is 12.5 Å². The summed E-state index contributed by atoms with van der Waals surface area (Å²) < 4.78 is 0. The number of nitrogens with zero attached hydrogens (tertiary/aromatic N) is 1. The van der Waals surface area contributed by atoms with Crippen LogP contribution in [0.4, 0.5) is 0 Å². The lowest BCUT2D eigenvalue weighted by Crippen LogP contribution is -2.52. The van der Waals surface area contributed by atoms with E-state index in [9.17, 15) is 0 Å². The number of likely N-dealkylation sites (tertiary alicyclic amines) is 1. The van der Waals surface area contributed by atoms with Gasteiger partial charge in [0.05, 0.1) is 0 Å². The molecule has 0 spiro atoms. The van der Waals surface area contributed by atoms with Gasteiger partial charge in [0.15, 0.2) is 0 Å². The van der Waals surface area contributed by atoms with Crippen LogP contribution in [-0.4, -0.2) is 30.1 Å². The maximum absolute atomic E-state index is 6.28. The topological polar surface area (TPSA) is 29.3 Å². The van der Waals surface area contributed by atoms with Crippen LogP contribution < -0.4 is 5.73 Å². The molecule has 2 nitrogen and oxygen atoms in total. The van der Waals surface area contributed by atoms with Gasteiger partial charge in [-0.05, 0) is 43.6 Å². The lowest BCUT2D eigenvalue weighted by atomic mass is 9.78. The molecule has 18 heavy (non-hydrogen) atoms. The van der Waals surface area contributed by atoms with E-state index in [0.29, 0.717) is 12.0 Å². The summed E-state index contributed by atoms with van der Waals surface area (Å²) >= 11 is 1.89. The Balaban J connectivity index is 1.68. The Morgan fingerprint density at radius 3 is 2.83 bits per heavy atom. The summed E-state index contributed by atoms with van der Waals surface area (Å²) in [6.07, 6.45) is 5.45. The molecule has 2 aliphatic rings. The van der Waals surface area contributed by atoms with Crippen LogP contribution >= 0.6 is 11.3 Å². The van der Waals surface area contributed by atoms with Crippen LogP contribution in [0.1, 0.15) is 43.4 Å². The summed E-state index contributed by atoms with van der Waals surface area (Å²) in [5.41, 5.74) is 6.28. The predicted octanol–water partition coefficient (Wildman–Crippen LogP) is 3.05. The molecule has 3 atom stereocenters. The van der Waals surface area contributed by atoms with Crippen molar-refractivity contribution in [2.75, 3.05) is 13.1 Å². The molecule has 1 aromatic rings. The van der Waals surface area contributed by atoms with Crippen LogP contribution in [0.15, 0.2) is 17.5 Å². The first-order chi connectivity index (χ1) is 8.74. The first-order valence-electron chi connectivity index (χ1n) is 7.27. The summed E-state index contributed by atoms with van der Waals surface area (Å²) in [4.78, 5) is 4.18. The highest BCUT2D eigenvalue weighted by Gasteiger charge is 2.34. The molecule has 2 heterocycles. The third-order valence-corrected chi connectivity index (χ3v) is 5.90. The van der Waals surface area contributed by atoms with Crippen molar-refractivity contribution in [2.24, 2.45) is 11.7 Å². The summed E-state index contributed by atoms with van der Waals surface area (Å²) in [7, 11) is 0. The minimum atomic E-state index is 0.355. The zero-order valence-corrected chi connectivity index (χ0v) is 12.0. The molecule has 1 aromatic heterocycles. The van der Waals surface area contributed by atoms with E-state index in [2.05, 4.69) is 29.3 Å². The summed E-state index contributed by atoms with van der Waals surface area (Å²) in [5, 5.41) is 2.19. The van der Waals surface area contributed by atoms with Crippen LogP contribution in [0.3, 0.4) is 0 Å². The second-order valence-electron chi connectivity index (χ2n) is 6.09. The third-order valence-electron chi connectivity index (χ3n) is 4.86. The van der Waals surface area contributed by atoms with E-state index < -0.39 is 0 Å². The van der Waals surface area contributed by atoms with Crippen molar-refractivity contribution in [3.8, 4) is 0 Å². The van der Waals surface area contributed by atoms with Crippen LogP contribution in [-0.2, 0) is 0 Å². The Hall–Kier alpha value is -0.380. The van der Waals surface area contributed by atoms with E-state index in [-0.39, 0.29) is 0 Å². The van der Waals surface area contributed by atoms with E-state index in [1.807, 2.05) is 11.3 Å². The normalized spacial score (nSPS) is 32.1. The minimum Gasteiger partial charge on any atom is -0.327 e. The molecule has 2 fully saturated rings. The van der Waals surface area contributed by atoms with E-state index in [0.717, 1.165) is 24.9 Å². The van der Waals surface area contributed by atoms with Crippen molar-refractivity contribution in [2.45, 2.75) is 50.6 Å². The zero-order chi connectivity index (χ0) is 12.5. The van der Waals surface area contributed by atoms with Gasteiger partial charge < -0.3 is 5.73 Å². The SMILES string of the molecule is CC(C1CCC1)N1CC(N)CC(c2cccs2)C1. The fourth-order valence-electron chi connectivity index (χ4n) is 3.46. The smallest absolute Gasteiger partial charge is 0.0174 e. The summed E-state index contributed by atoms with van der Waals surface area (Å²) in [5.74, 6) is 1.59. The molecule has 3 heteroatoms. The first kappa shape index (κ1) is 12.6. The number of piperidine rings is 1. The Morgan fingerprint density at radius 2 is 2.22 bits per heavy atom. The number of hydrogen-bond acceptors (Lipinski definition) is 3. The van der Waals surface area contributed by atoms with E-state index in [4.69, 9.17) is 5.73 Å². The van der Waals surface area contributed by atoms with Gasteiger partial charge in [0.25, 0.3) is 0 Å². The highest BCUT2D eigenvalue weighted by Crippen LogP contribution is 2.36. The molecular weight excluding hydrogens is 240 g/mol. The van der Waals surface area contributed by atoms with E-state index in [1.54, 1.807) is 0 Å². The molecule has 0 amide bonds. The van der Waals surface area contributed by atoms with Crippen LogP contribution in [0, 0.1) is 5.92 Å². The fourth-order valence-corrected chi connectivity index (χ4v) is 4.29. The highest BCUT2D eigenvalue weighted by atomic mass is 32.1. The lowest BCUT2D eigenvalue weighted by molar-refractivity contribution is 0.0743. The monoisotopic (exact) mass is 264 g/mol. The molecule has 3 unspecified atom stereocenters. The molecule has 1 aliphatic heterocycles. The number of thiophene rings is 1.